The maximum absolute atomic E-state index is 11.9. The summed E-state index contributed by atoms with van der Waals surface area (Å²) in [5, 5.41) is 2.90. The van der Waals surface area contributed by atoms with E-state index in [-0.39, 0.29) is 5.91 Å². The molecular formula is C20H25NO2S. The first kappa shape index (κ1) is 18.4. The van der Waals surface area contributed by atoms with Gasteiger partial charge in [0.25, 0.3) is 0 Å². The number of hydrogen-bond donors (Lipinski definition) is 1. The molecule has 3 nitrogen and oxygen atoms in total. The largest absolute Gasteiger partial charge is 0.491 e. The molecule has 128 valence electrons. The van der Waals surface area contributed by atoms with Crippen molar-refractivity contribution in [2.24, 2.45) is 0 Å². The van der Waals surface area contributed by atoms with Gasteiger partial charge in [0.1, 0.15) is 12.4 Å². The van der Waals surface area contributed by atoms with Crippen LogP contribution in [0, 0.1) is 20.8 Å². The molecule has 0 aromatic heterocycles. The number of benzene rings is 2. The topological polar surface area (TPSA) is 38.3 Å². The van der Waals surface area contributed by atoms with Crippen LogP contribution in [0.3, 0.4) is 0 Å². The Balaban J connectivity index is 1.63. The van der Waals surface area contributed by atoms with Crippen molar-refractivity contribution < 1.29 is 9.53 Å². The lowest BCUT2D eigenvalue weighted by Crippen LogP contribution is -2.29. The van der Waals surface area contributed by atoms with Crippen molar-refractivity contribution >= 4 is 17.7 Å². The van der Waals surface area contributed by atoms with Crippen molar-refractivity contribution in [1.29, 1.82) is 0 Å². The highest BCUT2D eigenvalue weighted by Crippen LogP contribution is 2.20. The number of aryl methyl sites for hydroxylation is 2. The fourth-order valence-corrected chi connectivity index (χ4v) is 3.24. The second-order valence-electron chi connectivity index (χ2n) is 5.82. The number of ether oxygens (including phenoxy) is 1. The predicted octanol–water partition coefficient (Wildman–Crippen LogP) is 4.04. The molecule has 1 N–H and O–H groups in total. The van der Waals surface area contributed by atoms with Gasteiger partial charge in [0.2, 0.25) is 5.91 Å². The molecule has 24 heavy (non-hydrogen) atoms. The monoisotopic (exact) mass is 343 g/mol. The molecule has 0 saturated heterocycles. The van der Waals surface area contributed by atoms with E-state index in [1.54, 1.807) is 11.8 Å². The van der Waals surface area contributed by atoms with Crippen molar-refractivity contribution in [2.45, 2.75) is 26.5 Å². The van der Waals surface area contributed by atoms with Crippen molar-refractivity contribution in [3.05, 3.63) is 64.7 Å². The Morgan fingerprint density at radius 2 is 1.79 bits per heavy atom. The first-order valence-corrected chi connectivity index (χ1v) is 9.31. The van der Waals surface area contributed by atoms with Crippen LogP contribution in [0.15, 0.2) is 42.5 Å². The van der Waals surface area contributed by atoms with E-state index in [0.29, 0.717) is 18.9 Å². The third kappa shape index (κ3) is 5.60. The summed E-state index contributed by atoms with van der Waals surface area (Å²) in [5.41, 5.74) is 4.92. The molecule has 2 aromatic rings. The number of amides is 1. The molecule has 0 saturated carbocycles. The maximum Gasteiger partial charge on any atom is 0.230 e. The summed E-state index contributed by atoms with van der Waals surface area (Å²) < 4.78 is 5.74. The smallest absolute Gasteiger partial charge is 0.230 e. The van der Waals surface area contributed by atoms with E-state index >= 15 is 0 Å². The van der Waals surface area contributed by atoms with Crippen LogP contribution in [0.1, 0.15) is 22.3 Å². The van der Waals surface area contributed by atoms with E-state index in [2.05, 4.69) is 37.4 Å². The van der Waals surface area contributed by atoms with Gasteiger partial charge in [0.05, 0.1) is 12.3 Å². The summed E-state index contributed by atoms with van der Waals surface area (Å²) in [6.45, 7) is 7.22. The molecule has 0 bridgehead atoms. The molecule has 0 atom stereocenters. The van der Waals surface area contributed by atoms with Crippen molar-refractivity contribution in [1.82, 2.24) is 5.32 Å². The Labute approximate surface area is 148 Å². The van der Waals surface area contributed by atoms with Crippen LogP contribution in [-0.4, -0.2) is 24.8 Å². The van der Waals surface area contributed by atoms with Gasteiger partial charge in [0.15, 0.2) is 0 Å². The summed E-state index contributed by atoms with van der Waals surface area (Å²) in [6, 6.07) is 14.3. The Morgan fingerprint density at radius 3 is 2.58 bits per heavy atom. The summed E-state index contributed by atoms with van der Waals surface area (Å²) >= 11 is 1.63. The number of thioether (sulfide) groups is 1. The van der Waals surface area contributed by atoms with Gasteiger partial charge >= 0.3 is 0 Å². The fraction of sp³-hybridized carbons (Fsp3) is 0.350. The fourth-order valence-electron chi connectivity index (χ4n) is 2.31. The number of hydrogen-bond acceptors (Lipinski definition) is 3. The maximum atomic E-state index is 11.9. The highest BCUT2D eigenvalue weighted by molar-refractivity contribution is 7.99. The Morgan fingerprint density at radius 1 is 1.04 bits per heavy atom. The van der Waals surface area contributed by atoms with Gasteiger partial charge < -0.3 is 10.1 Å². The van der Waals surface area contributed by atoms with Crippen LogP contribution < -0.4 is 10.1 Å². The molecule has 4 heteroatoms. The Bertz CT molecular complexity index is 685. The van der Waals surface area contributed by atoms with Crippen LogP contribution >= 0.6 is 11.8 Å². The molecule has 0 radical (unpaired) electrons. The SMILES string of the molecule is Cc1ccccc1CSCC(=O)NCCOc1cccc(C)c1C. The van der Waals surface area contributed by atoms with Gasteiger partial charge in [0, 0.05) is 5.75 Å². The van der Waals surface area contributed by atoms with Crippen LogP contribution in [0.2, 0.25) is 0 Å². The molecule has 0 fully saturated rings. The predicted molar refractivity (Wildman–Crippen MR) is 102 cm³/mol. The van der Waals surface area contributed by atoms with Crippen LogP contribution in [-0.2, 0) is 10.5 Å². The first-order chi connectivity index (χ1) is 11.6. The average molecular weight is 343 g/mol. The highest BCUT2D eigenvalue weighted by atomic mass is 32.2. The number of rotatable bonds is 8. The van der Waals surface area contributed by atoms with Gasteiger partial charge in [-0.15, -0.1) is 11.8 Å². The minimum atomic E-state index is 0.0538. The van der Waals surface area contributed by atoms with Gasteiger partial charge in [-0.25, -0.2) is 0 Å². The van der Waals surface area contributed by atoms with E-state index < -0.39 is 0 Å². The zero-order valence-corrected chi connectivity index (χ0v) is 15.4. The lowest BCUT2D eigenvalue weighted by atomic mass is 10.1. The van der Waals surface area contributed by atoms with Gasteiger partial charge in [-0.05, 0) is 49.1 Å². The number of nitrogens with one attached hydrogen (secondary N) is 1. The van der Waals surface area contributed by atoms with E-state index in [4.69, 9.17) is 4.74 Å². The van der Waals surface area contributed by atoms with Crippen LogP contribution in [0.25, 0.3) is 0 Å². The number of carbonyl (C=O) groups is 1. The molecular weight excluding hydrogens is 318 g/mol. The molecule has 0 heterocycles. The van der Waals surface area contributed by atoms with Gasteiger partial charge in [-0.1, -0.05) is 36.4 Å². The highest BCUT2D eigenvalue weighted by Gasteiger charge is 2.04. The summed E-state index contributed by atoms with van der Waals surface area (Å²) in [4.78, 5) is 11.9. The summed E-state index contributed by atoms with van der Waals surface area (Å²) in [6.07, 6.45) is 0. The molecule has 0 aliphatic carbocycles. The van der Waals surface area contributed by atoms with Gasteiger partial charge in [-0.3, -0.25) is 4.79 Å². The minimum Gasteiger partial charge on any atom is -0.491 e. The number of carbonyl (C=O) groups excluding carboxylic acids is 1. The van der Waals surface area contributed by atoms with E-state index in [1.165, 1.54) is 16.7 Å². The third-order valence-corrected chi connectivity index (χ3v) is 4.97. The molecule has 0 aliphatic heterocycles. The van der Waals surface area contributed by atoms with E-state index in [1.807, 2.05) is 31.2 Å². The molecule has 0 aliphatic rings. The quantitative estimate of drug-likeness (QED) is 0.735. The van der Waals surface area contributed by atoms with Crippen molar-refractivity contribution in [3.63, 3.8) is 0 Å². The molecule has 0 unspecified atom stereocenters. The zero-order valence-electron chi connectivity index (χ0n) is 14.6. The normalized spacial score (nSPS) is 10.5. The lowest BCUT2D eigenvalue weighted by molar-refractivity contribution is -0.118. The molecule has 2 aromatic carbocycles. The van der Waals surface area contributed by atoms with Gasteiger partial charge in [-0.2, -0.15) is 0 Å². The third-order valence-electron chi connectivity index (χ3n) is 3.99. The van der Waals surface area contributed by atoms with Crippen LogP contribution in [0.4, 0.5) is 0 Å². The minimum absolute atomic E-state index is 0.0538. The zero-order chi connectivity index (χ0) is 17.4. The van der Waals surface area contributed by atoms with Crippen LogP contribution in [0.5, 0.6) is 5.75 Å². The molecule has 2 rings (SSSR count). The average Bonchev–Trinajstić information content (AvgIpc) is 2.57. The molecule has 0 spiro atoms. The first-order valence-electron chi connectivity index (χ1n) is 8.16. The van der Waals surface area contributed by atoms with Crippen molar-refractivity contribution in [3.8, 4) is 5.75 Å². The standard InChI is InChI=1S/C20H25NO2S/c1-15-8-6-10-19(17(15)3)23-12-11-21-20(22)14-24-13-18-9-5-4-7-16(18)2/h4-10H,11-14H2,1-3H3,(H,21,22). The van der Waals surface area contributed by atoms with E-state index in [9.17, 15) is 4.79 Å². The summed E-state index contributed by atoms with van der Waals surface area (Å²) in [5.74, 6) is 2.27. The Hall–Kier alpha value is -1.94. The second-order valence-corrected chi connectivity index (χ2v) is 6.80. The summed E-state index contributed by atoms with van der Waals surface area (Å²) in [7, 11) is 0. The lowest BCUT2D eigenvalue weighted by Gasteiger charge is -2.11. The van der Waals surface area contributed by atoms with Crippen molar-refractivity contribution in [2.75, 3.05) is 18.9 Å². The molecule has 1 amide bonds. The second kappa shape index (κ2) is 9.38. The van der Waals surface area contributed by atoms with E-state index in [0.717, 1.165) is 17.1 Å². The Kier molecular flexibility index (Phi) is 7.19.